The van der Waals surface area contributed by atoms with Crippen LogP contribution in [0.2, 0.25) is 0 Å². The van der Waals surface area contributed by atoms with E-state index < -0.39 is 0 Å². The Bertz CT molecular complexity index is 701. The fourth-order valence-corrected chi connectivity index (χ4v) is 4.16. The zero-order valence-electron chi connectivity index (χ0n) is 13.4. The smallest absolute Gasteiger partial charge is 0.233 e. The Hall–Kier alpha value is -1.67. The number of anilines is 2. The Morgan fingerprint density at radius 1 is 1.42 bits per heavy atom. The lowest BCUT2D eigenvalue weighted by atomic mass is 9.99. The Kier molecular flexibility index (Phi) is 5.68. The molecule has 1 aromatic heterocycles. The highest BCUT2D eigenvalue weighted by molar-refractivity contribution is 8.01. The van der Waals surface area contributed by atoms with E-state index in [0.29, 0.717) is 22.5 Å². The lowest BCUT2D eigenvalue weighted by molar-refractivity contribution is -0.129. The molecule has 2 heterocycles. The SMILES string of the molecule is CC1CCN(C(=O)CSc2nnc(Nc3cccc(F)c3)s2)CC1. The Balaban J connectivity index is 1.50. The minimum Gasteiger partial charge on any atom is -0.342 e. The monoisotopic (exact) mass is 366 g/mol. The van der Waals surface area contributed by atoms with E-state index in [1.54, 1.807) is 12.1 Å². The summed E-state index contributed by atoms with van der Waals surface area (Å²) >= 11 is 2.76. The number of carbonyl (C=O) groups is 1. The molecule has 1 N–H and O–H groups in total. The van der Waals surface area contributed by atoms with Crippen LogP contribution in [0.4, 0.5) is 15.2 Å². The number of nitrogens with one attached hydrogen (secondary N) is 1. The normalized spacial score (nSPS) is 15.5. The number of hydrogen-bond donors (Lipinski definition) is 1. The Labute approximate surface area is 148 Å². The molecule has 1 aromatic carbocycles. The predicted octanol–water partition coefficient (Wildman–Crippen LogP) is 3.77. The number of aromatic nitrogens is 2. The molecule has 0 radical (unpaired) electrons. The molecule has 24 heavy (non-hydrogen) atoms. The highest BCUT2D eigenvalue weighted by Crippen LogP contribution is 2.28. The van der Waals surface area contributed by atoms with E-state index >= 15 is 0 Å². The molecule has 1 aliphatic rings. The van der Waals surface area contributed by atoms with Crippen molar-refractivity contribution in [1.82, 2.24) is 15.1 Å². The first kappa shape index (κ1) is 17.2. The average Bonchev–Trinajstić information content (AvgIpc) is 3.01. The molecule has 8 heteroatoms. The van der Waals surface area contributed by atoms with Gasteiger partial charge in [-0.25, -0.2) is 4.39 Å². The zero-order valence-corrected chi connectivity index (χ0v) is 15.0. The van der Waals surface area contributed by atoms with Gasteiger partial charge in [-0.2, -0.15) is 0 Å². The van der Waals surface area contributed by atoms with Crippen molar-refractivity contribution in [1.29, 1.82) is 0 Å². The summed E-state index contributed by atoms with van der Waals surface area (Å²) in [6.07, 6.45) is 2.16. The number of rotatable bonds is 5. The number of likely N-dealkylation sites (tertiary alicyclic amines) is 1. The summed E-state index contributed by atoms with van der Waals surface area (Å²) < 4.78 is 13.9. The Morgan fingerprint density at radius 3 is 2.96 bits per heavy atom. The maximum absolute atomic E-state index is 13.2. The van der Waals surface area contributed by atoms with Crippen molar-refractivity contribution in [2.24, 2.45) is 5.92 Å². The van der Waals surface area contributed by atoms with Crippen molar-refractivity contribution >= 4 is 39.8 Å². The third-order valence-electron chi connectivity index (χ3n) is 3.94. The maximum Gasteiger partial charge on any atom is 0.233 e. The summed E-state index contributed by atoms with van der Waals surface area (Å²) in [5.74, 6) is 0.937. The van der Waals surface area contributed by atoms with Gasteiger partial charge in [0.2, 0.25) is 11.0 Å². The first-order valence-electron chi connectivity index (χ1n) is 7.87. The molecular formula is C16H19FN4OS2. The number of halogens is 1. The summed E-state index contributed by atoms with van der Waals surface area (Å²) in [6, 6.07) is 6.18. The molecule has 1 fully saturated rings. The molecule has 0 aliphatic carbocycles. The molecule has 128 valence electrons. The van der Waals surface area contributed by atoms with Crippen LogP contribution in [0.25, 0.3) is 0 Å². The van der Waals surface area contributed by atoms with Crippen molar-refractivity contribution in [2.45, 2.75) is 24.1 Å². The number of hydrogen-bond acceptors (Lipinski definition) is 6. The van der Waals surface area contributed by atoms with Crippen LogP contribution in [0, 0.1) is 11.7 Å². The van der Waals surface area contributed by atoms with Gasteiger partial charge >= 0.3 is 0 Å². The summed E-state index contributed by atoms with van der Waals surface area (Å²) in [7, 11) is 0. The van der Waals surface area contributed by atoms with Crippen LogP contribution < -0.4 is 5.32 Å². The van der Waals surface area contributed by atoms with Gasteiger partial charge in [0.25, 0.3) is 0 Å². The van der Waals surface area contributed by atoms with Crippen molar-refractivity contribution in [2.75, 3.05) is 24.2 Å². The van der Waals surface area contributed by atoms with E-state index in [9.17, 15) is 9.18 Å². The molecular weight excluding hydrogens is 347 g/mol. The largest absolute Gasteiger partial charge is 0.342 e. The van der Waals surface area contributed by atoms with Gasteiger partial charge in [0, 0.05) is 18.8 Å². The van der Waals surface area contributed by atoms with Crippen LogP contribution in [0.15, 0.2) is 28.6 Å². The third kappa shape index (κ3) is 4.67. The first-order valence-corrected chi connectivity index (χ1v) is 9.67. The molecule has 2 aromatic rings. The zero-order chi connectivity index (χ0) is 16.9. The number of thioether (sulfide) groups is 1. The average molecular weight is 366 g/mol. The van der Waals surface area contributed by atoms with Gasteiger partial charge in [-0.1, -0.05) is 36.1 Å². The predicted molar refractivity (Wildman–Crippen MR) is 95.3 cm³/mol. The highest BCUT2D eigenvalue weighted by Gasteiger charge is 2.20. The quantitative estimate of drug-likeness (QED) is 0.816. The minimum atomic E-state index is -0.305. The fraction of sp³-hybridized carbons (Fsp3) is 0.438. The van der Waals surface area contributed by atoms with Crippen LogP contribution >= 0.6 is 23.1 Å². The fourth-order valence-electron chi connectivity index (χ4n) is 2.48. The molecule has 1 amide bonds. The second-order valence-corrected chi connectivity index (χ2v) is 8.06. The lowest BCUT2D eigenvalue weighted by Gasteiger charge is -2.30. The van der Waals surface area contributed by atoms with Crippen LogP contribution in [0.1, 0.15) is 19.8 Å². The molecule has 0 bridgehead atoms. The molecule has 3 rings (SSSR count). The van der Waals surface area contributed by atoms with Gasteiger partial charge in [0.15, 0.2) is 4.34 Å². The van der Waals surface area contributed by atoms with E-state index in [4.69, 9.17) is 0 Å². The molecule has 5 nitrogen and oxygen atoms in total. The highest BCUT2D eigenvalue weighted by atomic mass is 32.2. The molecule has 1 saturated heterocycles. The number of carbonyl (C=O) groups excluding carboxylic acids is 1. The van der Waals surface area contributed by atoms with Crippen molar-refractivity contribution in [3.8, 4) is 0 Å². The minimum absolute atomic E-state index is 0.154. The molecule has 0 spiro atoms. The van der Waals surface area contributed by atoms with Gasteiger partial charge in [0.1, 0.15) is 5.82 Å². The topological polar surface area (TPSA) is 58.1 Å². The van der Waals surface area contributed by atoms with Crippen molar-refractivity contribution < 1.29 is 9.18 Å². The van der Waals surface area contributed by atoms with Crippen LogP contribution in [0.3, 0.4) is 0 Å². The molecule has 1 aliphatic heterocycles. The second kappa shape index (κ2) is 7.94. The molecule has 0 atom stereocenters. The summed E-state index contributed by atoms with van der Waals surface area (Å²) in [5.41, 5.74) is 0.626. The second-order valence-electron chi connectivity index (χ2n) is 5.86. The van der Waals surface area contributed by atoms with Gasteiger partial charge in [0.05, 0.1) is 5.75 Å². The van der Waals surface area contributed by atoms with E-state index in [0.717, 1.165) is 30.3 Å². The maximum atomic E-state index is 13.2. The van der Waals surface area contributed by atoms with E-state index in [2.05, 4.69) is 22.4 Å². The van der Waals surface area contributed by atoms with Crippen LogP contribution in [0.5, 0.6) is 0 Å². The van der Waals surface area contributed by atoms with E-state index in [1.807, 2.05) is 4.90 Å². The first-order chi connectivity index (χ1) is 11.6. The summed E-state index contributed by atoms with van der Waals surface area (Å²) in [4.78, 5) is 14.1. The van der Waals surface area contributed by atoms with Crippen molar-refractivity contribution in [3.63, 3.8) is 0 Å². The van der Waals surface area contributed by atoms with Gasteiger partial charge in [-0.3, -0.25) is 4.79 Å². The number of benzene rings is 1. The van der Waals surface area contributed by atoms with Crippen LogP contribution in [-0.2, 0) is 4.79 Å². The van der Waals surface area contributed by atoms with E-state index in [1.165, 1.54) is 35.2 Å². The van der Waals surface area contributed by atoms with Gasteiger partial charge < -0.3 is 10.2 Å². The van der Waals surface area contributed by atoms with Gasteiger partial charge in [-0.15, -0.1) is 10.2 Å². The molecule has 0 saturated carbocycles. The summed E-state index contributed by atoms with van der Waals surface area (Å²) in [6.45, 7) is 3.93. The number of nitrogens with zero attached hydrogens (tertiary/aromatic N) is 3. The Morgan fingerprint density at radius 2 is 2.21 bits per heavy atom. The lowest BCUT2D eigenvalue weighted by Crippen LogP contribution is -2.38. The van der Waals surface area contributed by atoms with Crippen LogP contribution in [-0.4, -0.2) is 39.8 Å². The van der Waals surface area contributed by atoms with Gasteiger partial charge in [-0.05, 0) is 37.0 Å². The molecule has 0 unspecified atom stereocenters. The summed E-state index contributed by atoms with van der Waals surface area (Å²) in [5, 5.41) is 11.7. The third-order valence-corrected chi connectivity index (χ3v) is 5.89. The number of amides is 1. The van der Waals surface area contributed by atoms with E-state index in [-0.39, 0.29) is 11.7 Å². The standard InChI is InChI=1S/C16H19FN4OS2/c1-11-5-7-21(8-6-11)14(22)10-23-16-20-19-15(24-16)18-13-4-2-3-12(17)9-13/h2-4,9,11H,5-8,10H2,1H3,(H,18,19). The van der Waals surface area contributed by atoms with Crippen molar-refractivity contribution in [3.05, 3.63) is 30.1 Å². The number of piperidine rings is 1.